The molecule has 1 fully saturated rings. The number of halogens is 1. The maximum Gasteiger partial charge on any atom is 0.223 e. The van der Waals surface area contributed by atoms with Crippen molar-refractivity contribution in [3.05, 3.63) is 16.4 Å². The van der Waals surface area contributed by atoms with E-state index in [1.807, 2.05) is 6.92 Å². The molecular weight excluding hydrogens is 242 g/mol. The molecular formula is C10H14BrN3. The van der Waals surface area contributed by atoms with Crippen molar-refractivity contribution in [1.82, 2.24) is 9.97 Å². The first-order valence-corrected chi connectivity index (χ1v) is 5.80. The quantitative estimate of drug-likeness (QED) is 0.884. The Labute approximate surface area is 92.5 Å². The van der Waals surface area contributed by atoms with Crippen LogP contribution in [0.15, 0.2) is 10.7 Å². The fourth-order valence-corrected chi connectivity index (χ4v) is 1.97. The zero-order valence-electron chi connectivity index (χ0n) is 8.26. The average Bonchev–Trinajstić information content (AvgIpc) is 2.64. The van der Waals surface area contributed by atoms with Crippen LogP contribution in [0.5, 0.6) is 0 Å². The molecule has 1 aliphatic carbocycles. The third kappa shape index (κ3) is 2.23. The van der Waals surface area contributed by atoms with Gasteiger partial charge in [-0.2, -0.15) is 0 Å². The summed E-state index contributed by atoms with van der Waals surface area (Å²) in [7, 11) is 0. The minimum absolute atomic E-state index is 0.579. The lowest BCUT2D eigenvalue weighted by Gasteiger charge is -2.11. The van der Waals surface area contributed by atoms with Gasteiger partial charge in [0.1, 0.15) is 0 Å². The summed E-state index contributed by atoms with van der Waals surface area (Å²) in [5, 5.41) is 3.37. The molecule has 1 saturated carbocycles. The van der Waals surface area contributed by atoms with Gasteiger partial charge in [0, 0.05) is 12.2 Å². The summed E-state index contributed by atoms with van der Waals surface area (Å²) in [6, 6.07) is 0.579. The predicted molar refractivity (Wildman–Crippen MR) is 60.3 cm³/mol. The highest BCUT2D eigenvalue weighted by atomic mass is 79.9. The maximum atomic E-state index is 4.37. The van der Waals surface area contributed by atoms with E-state index in [0.29, 0.717) is 6.04 Å². The Morgan fingerprint density at radius 1 is 1.43 bits per heavy atom. The van der Waals surface area contributed by atoms with Gasteiger partial charge in [0.25, 0.3) is 0 Å². The highest BCUT2D eigenvalue weighted by Crippen LogP contribution is 2.21. The number of aromatic nitrogens is 2. The van der Waals surface area contributed by atoms with Crippen molar-refractivity contribution in [2.75, 3.05) is 5.32 Å². The van der Waals surface area contributed by atoms with E-state index >= 15 is 0 Å². The van der Waals surface area contributed by atoms with Crippen molar-refractivity contribution < 1.29 is 0 Å². The predicted octanol–water partition coefficient (Wildman–Crippen LogP) is 2.90. The van der Waals surface area contributed by atoms with Crippen LogP contribution in [-0.4, -0.2) is 16.0 Å². The molecule has 1 aromatic rings. The third-order valence-electron chi connectivity index (χ3n) is 2.61. The lowest BCUT2D eigenvalue weighted by atomic mass is 10.2. The van der Waals surface area contributed by atoms with Gasteiger partial charge in [0.05, 0.1) is 10.2 Å². The number of hydrogen-bond donors (Lipinski definition) is 1. The fraction of sp³-hybridized carbons (Fsp3) is 0.600. The minimum atomic E-state index is 0.579. The van der Waals surface area contributed by atoms with Gasteiger partial charge in [-0.1, -0.05) is 12.8 Å². The SMILES string of the molecule is Cc1nc(NC2CCCC2)ncc1Br. The molecule has 1 aromatic heterocycles. The molecule has 0 spiro atoms. The van der Waals surface area contributed by atoms with Crippen molar-refractivity contribution in [3.63, 3.8) is 0 Å². The maximum absolute atomic E-state index is 4.37. The smallest absolute Gasteiger partial charge is 0.223 e. The zero-order valence-corrected chi connectivity index (χ0v) is 9.84. The number of aryl methyl sites for hydroxylation is 1. The molecule has 1 heterocycles. The summed E-state index contributed by atoms with van der Waals surface area (Å²) < 4.78 is 0.967. The van der Waals surface area contributed by atoms with E-state index in [1.54, 1.807) is 6.20 Å². The summed E-state index contributed by atoms with van der Waals surface area (Å²) in [5.41, 5.74) is 0.987. The Hall–Kier alpha value is -0.640. The molecule has 1 N–H and O–H groups in total. The van der Waals surface area contributed by atoms with Crippen LogP contribution < -0.4 is 5.32 Å². The summed E-state index contributed by atoms with van der Waals surface area (Å²) in [4.78, 5) is 8.60. The Morgan fingerprint density at radius 2 is 2.14 bits per heavy atom. The molecule has 0 bridgehead atoms. The Morgan fingerprint density at radius 3 is 2.79 bits per heavy atom. The van der Waals surface area contributed by atoms with E-state index in [-0.39, 0.29) is 0 Å². The molecule has 2 rings (SSSR count). The standard InChI is InChI=1S/C10H14BrN3/c1-7-9(11)6-12-10(13-7)14-8-4-2-3-5-8/h6,8H,2-5H2,1H3,(H,12,13,14). The molecule has 0 aromatic carbocycles. The van der Waals surface area contributed by atoms with E-state index in [4.69, 9.17) is 0 Å². The molecule has 0 radical (unpaired) electrons. The number of hydrogen-bond acceptors (Lipinski definition) is 3. The van der Waals surface area contributed by atoms with Crippen molar-refractivity contribution >= 4 is 21.9 Å². The second-order valence-corrected chi connectivity index (χ2v) is 4.61. The lowest BCUT2D eigenvalue weighted by Crippen LogP contribution is -2.16. The second-order valence-electron chi connectivity index (χ2n) is 3.75. The molecule has 0 aliphatic heterocycles. The highest BCUT2D eigenvalue weighted by Gasteiger charge is 2.15. The monoisotopic (exact) mass is 255 g/mol. The van der Waals surface area contributed by atoms with Crippen LogP contribution in [0.25, 0.3) is 0 Å². The topological polar surface area (TPSA) is 37.8 Å². The molecule has 0 unspecified atom stereocenters. The summed E-state index contributed by atoms with van der Waals surface area (Å²) in [5.74, 6) is 0.762. The lowest BCUT2D eigenvalue weighted by molar-refractivity contribution is 0.742. The normalized spacial score (nSPS) is 17.3. The van der Waals surface area contributed by atoms with Gasteiger partial charge < -0.3 is 5.32 Å². The van der Waals surface area contributed by atoms with Crippen LogP contribution in [0.2, 0.25) is 0 Å². The van der Waals surface area contributed by atoms with Crippen molar-refractivity contribution in [3.8, 4) is 0 Å². The Bertz CT molecular complexity index is 321. The van der Waals surface area contributed by atoms with Gasteiger partial charge >= 0.3 is 0 Å². The number of rotatable bonds is 2. The number of nitrogens with one attached hydrogen (secondary N) is 1. The van der Waals surface area contributed by atoms with E-state index < -0.39 is 0 Å². The van der Waals surface area contributed by atoms with Crippen molar-refractivity contribution in [2.24, 2.45) is 0 Å². The minimum Gasteiger partial charge on any atom is -0.351 e. The average molecular weight is 256 g/mol. The van der Waals surface area contributed by atoms with E-state index in [1.165, 1.54) is 25.7 Å². The molecule has 14 heavy (non-hydrogen) atoms. The second kappa shape index (κ2) is 4.26. The van der Waals surface area contributed by atoms with Crippen LogP contribution in [0.4, 0.5) is 5.95 Å². The molecule has 3 nitrogen and oxygen atoms in total. The first-order chi connectivity index (χ1) is 6.75. The third-order valence-corrected chi connectivity index (χ3v) is 3.39. The summed E-state index contributed by atoms with van der Waals surface area (Å²) in [6.45, 7) is 1.98. The highest BCUT2D eigenvalue weighted by molar-refractivity contribution is 9.10. The Kier molecular flexibility index (Phi) is 3.01. The molecule has 1 aliphatic rings. The van der Waals surface area contributed by atoms with Crippen LogP contribution >= 0.6 is 15.9 Å². The molecule has 76 valence electrons. The van der Waals surface area contributed by atoms with Gasteiger partial charge in [0.2, 0.25) is 5.95 Å². The van der Waals surface area contributed by atoms with Crippen LogP contribution in [0.1, 0.15) is 31.4 Å². The largest absolute Gasteiger partial charge is 0.351 e. The van der Waals surface area contributed by atoms with E-state index in [2.05, 4.69) is 31.2 Å². The zero-order chi connectivity index (χ0) is 9.97. The van der Waals surface area contributed by atoms with Crippen LogP contribution in [0, 0.1) is 6.92 Å². The summed E-state index contributed by atoms with van der Waals surface area (Å²) in [6.07, 6.45) is 6.96. The van der Waals surface area contributed by atoms with Crippen LogP contribution in [0.3, 0.4) is 0 Å². The van der Waals surface area contributed by atoms with Crippen molar-refractivity contribution in [1.29, 1.82) is 0 Å². The van der Waals surface area contributed by atoms with Gasteiger partial charge in [-0.15, -0.1) is 0 Å². The van der Waals surface area contributed by atoms with Crippen LogP contribution in [-0.2, 0) is 0 Å². The Balaban J connectivity index is 2.05. The van der Waals surface area contributed by atoms with Gasteiger partial charge in [-0.3, -0.25) is 0 Å². The van der Waals surface area contributed by atoms with E-state index in [9.17, 15) is 0 Å². The molecule has 4 heteroatoms. The van der Waals surface area contributed by atoms with Crippen molar-refractivity contribution in [2.45, 2.75) is 38.6 Å². The van der Waals surface area contributed by atoms with Gasteiger partial charge in [-0.25, -0.2) is 9.97 Å². The molecule has 0 amide bonds. The molecule has 0 atom stereocenters. The van der Waals surface area contributed by atoms with Gasteiger partial charge in [0.15, 0.2) is 0 Å². The van der Waals surface area contributed by atoms with E-state index in [0.717, 1.165) is 16.1 Å². The summed E-state index contributed by atoms with van der Waals surface area (Å²) >= 11 is 3.39. The fourth-order valence-electron chi connectivity index (χ4n) is 1.77. The first-order valence-electron chi connectivity index (χ1n) is 5.01. The molecule has 0 saturated heterocycles. The number of nitrogens with zero attached hydrogens (tertiary/aromatic N) is 2. The number of anilines is 1. The van der Waals surface area contributed by atoms with Gasteiger partial charge in [-0.05, 0) is 35.7 Å². The first kappa shape index (κ1) is 9.90.